The van der Waals surface area contributed by atoms with E-state index in [-0.39, 0.29) is 13.2 Å². The van der Waals surface area contributed by atoms with E-state index in [0.29, 0.717) is 18.2 Å². The zero-order valence-electron chi connectivity index (χ0n) is 15.6. The Kier molecular flexibility index (Phi) is 6.94. The van der Waals surface area contributed by atoms with E-state index < -0.39 is 12.0 Å². The van der Waals surface area contributed by atoms with E-state index in [4.69, 9.17) is 16.3 Å². The van der Waals surface area contributed by atoms with Crippen LogP contribution in [0.25, 0.3) is 10.9 Å². The maximum Gasteiger partial charge on any atom is 0.413 e. The van der Waals surface area contributed by atoms with E-state index in [1.807, 2.05) is 37.8 Å². The Hall–Kier alpha value is -2.18. The second kappa shape index (κ2) is 8.96. The second-order valence-corrected chi connectivity index (χ2v) is 6.45. The highest BCUT2D eigenvalue weighted by molar-refractivity contribution is 6.30. The molecule has 0 saturated heterocycles. The van der Waals surface area contributed by atoms with Gasteiger partial charge in [0.25, 0.3) is 0 Å². The zero-order valence-corrected chi connectivity index (χ0v) is 16.3. The number of nitrogens with one attached hydrogen (secondary N) is 1. The van der Waals surface area contributed by atoms with E-state index >= 15 is 0 Å². The van der Waals surface area contributed by atoms with Crippen molar-refractivity contribution in [3.05, 3.63) is 40.0 Å². The van der Waals surface area contributed by atoms with Crippen molar-refractivity contribution in [3.8, 4) is 0 Å². The van der Waals surface area contributed by atoms with Gasteiger partial charge in [-0.2, -0.15) is 0 Å². The van der Waals surface area contributed by atoms with E-state index in [1.54, 1.807) is 6.92 Å². The monoisotopic (exact) mass is 377 g/mol. The molecule has 0 radical (unpaired) electrons. The van der Waals surface area contributed by atoms with Gasteiger partial charge in [0.05, 0.1) is 18.7 Å². The number of ether oxygens (including phenoxy) is 1. The number of fused-ring (bicyclic) bond motifs is 1. The molecule has 1 N–H and O–H groups in total. The fraction of sp³-hybridized carbons (Fsp3) is 0.421. The summed E-state index contributed by atoms with van der Waals surface area (Å²) in [6.07, 6.45) is -0.732. The molecule has 1 heterocycles. The number of carbonyl (C=O) groups excluding carboxylic acids is 2. The summed E-state index contributed by atoms with van der Waals surface area (Å²) in [6, 6.07) is 6.08. The summed E-state index contributed by atoms with van der Waals surface area (Å²) in [5.41, 5.74) is 4.01. The minimum absolute atomic E-state index is 0.0661. The minimum atomic E-state index is -0.732. The lowest BCUT2D eigenvalue weighted by Crippen LogP contribution is -2.40. The maximum atomic E-state index is 12.0. The Labute approximate surface area is 158 Å². The highest BCUT2D eigenvalue weighted by Gasteiger charge is 2.15. The molecule has 2 aromatic rings. The molecule has 0 aliphatic rings. The van der Waals surface area contributed by atoms with Gasteiger partial charge >= 0.3 is 6.09 Å². The van der Waals surface area contributed by atoms with Gasteiger partial charge in [0, 0.05) is 17.5 Å². The number of carbonyl (C=O) groups is 2. The van der Waals surface area contributed by atoms with Gasteiger partial charge in [-0.3, -0.25) is 15.0 Å². The van der Waals surface area contributed by atoms with Crippen LogP contribution in [-0.2, 0) is 16.1 Å². The predicted molar refractivity (Wildman–Crippen MR) is 102 cm³/mol. The average Bonchev–Trinajstić information content (AvgIpc) is 2.59. The molecule has 0 spiro atoms. The summed E-state index contributed by atoms with van der Waals surface area (Å²) in [5.74, 6) is -0.415. The number of pyridine rings is 1. The van der Waals surface area contributed by atoms with Crippen molar-refractivity contribution in [1.29, 1.82) is 0 Å². The molecule has 2 rings (SSSR count). The van der Waals surface area contributed by atoms with Gasteiger partial charge in [-0.25, -0.2) is 9.78 Å². The molecule has 7 heteroatoms. The fourth-order valence-corrected chi connectivity index (χ4v) is 2.86. The SMILES string of the molecule is CCOC(=O)NC(=O)CN(CC)Cc1cc2ccc(C)c(C)c2nc1Cl. The smallest absolute Gasteiger partial charge is 0.413 e. The van der Waals surface area contributed by atoms with E-state index in [9.17, 15) is 9.59 Å². The van der Waals surface area contributed by atoms with Crippen molar-refractivity contribution >= 4 is 34.5 Å². The quantitative estimate of drug-likeness (QED) is 0.779. The minimum Gasteiger partial charge on any atom is -0.450 e. The normalized spacial score (nSPS) is 11.0. The molecule has 0 unspecified atom stereocenters. The molecule has 0 aliphatic carbocycles. The van der Waals surface area contributed by atoms with Crippen LogP contribution in [0.15, 0.2) is 18.2 Å². The molecule has 0 atom stereocenters. The van der Waals surface area contributed by atoms with Gasteiger partial charge in [0.2, 0.25) is 5.91 Å². The van der Waals surface area contributed by atoms with Crippen LogP contribution in [0.5, 0.6) is 0 Å². The van der Waals surface area contributed by atoms with E-state index in [0.717, 1.165) is 22.0 Å². The van der Waals surface area contributed by atoms with Gasteiger partial charge in [-0.1, -0.05) is 30.7 Å². The number of imide groups is 1. The number of nitrogens with zero attached hydrogens (tertiary/aromatic N) is 2. The molecule has 0 saturated carbocycles. The molecule has 140 valence electrons. The van der Waals surface area contributed by atoms with Crippen LogP contribution in [-0.4, -0.2) is 41.6 Å². The van der Waals surface area contributed by atoms with Crippen LogP contribution >= 0.6 is 11.6 Å². The third kappa shape index (κ3) is 4.93. The number of alkyl carbamates (subject to hydrolysis) is 1. The van der Waals surface area contributed by atoms with E-state index in [2.05, 4.69) is 16.4 Å². The third-order valence-corrected chi connectivity index (χ3v) is 4.59. The van der Waals surface area contributed by atoms with Crippen LogP contribution < -0.4 is 5.32 Å². The highest BCUT2D eigenvalue weighted by Crippen LogP contribution is 2.25. The Morgan fingerprint density at radius 2 is 2.00 bits per heavy atom. The molecular weight excluding hydrogens is 354 g/mol. The summed E-state index contributed by atoms with van der Waals surface area (Å²) in [7, 11) is 0. The zero-order chi connectivity index (χ0) is 19.3. The molecule has 6 nitrogen and oxygen atoms in total. The van der Waals surface area contributed by atoms with Gasteiger partial charge in [-0.15, -0.1) is 0 Å². The highest BCUT2D eigenvalue weighted by atomic mass is 35.5. The Bertz CT molecular complexity index is 823. The van der Waals surface area contributed by atoms with Crippen LogP contribution in [0.3, 0.4) is 0 Å². The molecular formula is C19H24ClN3O3. The summed E-state index contributed by atoms with van der Waals surface area (Å²) in [4.78, 5) is 29.7. The predicted octanol–water partition coefficient (Wildman–Crippen LogP) is 3.60. The standard InChI is InChI=1S/C19H24ClN3O3/c1-5-23(11-16(24)21-19(25)26-6-2)10-15-9-14-8-7-12(3)13(4)17(14)22-18(15)20/h7-9H,5-6,10-11H2,1-4H3,(H,21,24,25). The first-order valence-corrected chi connectivity index (χ1v) is 8.97. The number of likely N-dealkylation sites (N-methyl/N-ethyl adjacent to an activating group) is 1. The summed E-state index contributed by atoms with van der Waals surface area (Å²) in [5, 5.41) is 3.64. The first-order valence-electron chi connectivity index (χ1n) is 8.60. The summed E-state index contributed by atoms with van der Waals surface area (Å²) < 4.78 is 4.71. The third-order valence-electron chi connectivity index (χ3n) is 4.26. The maximum absolute atomic E-state index is 12.0. The lowest BCUT2D eigenvalue weighted by atomic mass is 10.0. The Balaban J connectivity index is 2.15. The number of halogens is 1. The molecule has 0 aliphatic heterocycles. The average molecular weight is 378 g/mol. The van der Waals surface area contributed by atoms with Crippen molar-refractivity contribution < 1.29 is 14.3 Å². The summed E-state index contributed by atoms with van der Waals surface area (Å²) >= 11 is 6.38. The van der Waals surface area contributed by atoms with Gasteiger partial charge in [0.15, 0.2) is 0 Å². The molecule has 2 amide bonds. The fourth-order valence-electron chi connectivity index (χ4n) is 2.66. The largest absolute Gasteiger partial charge is 0.450 e. The van der Waals surface area contributed by atoms with Crippen molar-refractivity contribution in [2.75, 3.05) is 19.7 Å². The molecule has 1 aromatic carbocycles. The number of hydrogen-bond acceptors (Lipinski definition) is 5. The number of rotatable bonds is 6. The number of amides is 2. The van der Waals surface area contributed by atoms with Crippen LogP contribution in [0.4, 0.5) is 4.79 Å². The van der Waals surface area contributed by atoms with Gasteiger partial charge < -0.3 is 4.74 Å². The molecule has 26 heavy (non-hydrogen) atoms. The first-order chi connectivity index (χ1) is 12.3. The number of hydrogen-bond donors (Lipinski definition) is 1. The Morgan fingerprint density at radius 1 is 1.27 bits per heavy atom. The van der Waals surface area contributed by atoms with Crippen LogP contribution in [0.2, 0.25) is 5.15 Å². The van der Waals surface area contributed by atoms with E-state index in [1.165, 1.54) is 5.56 Å². The lowest BCUT2D eigenvalue weighted by Gasteiger charge is -2.20. The van der Waals surface area contributed by atoms with Crippen LogP contribution in [0, 0.1) is 13.8 Å². The molecule has 1 aromatic heterocycles. The van der Waals surface area contributed by atoms with Crippen molar-refractivity contribution in [2.24, 2.45) is 0 Å². The van der Waals surface area contributed by atoms with Crippen molar-refractivity contribution in [1.82, 2.24) is 15.2 Å². The number of aryl methyl sites for hydroxylation is 2. The second-order valence-electron chi connectivity index (χ2n) is 6.09. The number of benzene rings is 1. The van der Waals surface area contributed by atoms with Gasteiger partial charge in [0.1, 0.15) is 5.15 Å². The Morgan fingerprint density at radius 3 is 2.65 bits per heavy atom. The lowest BCUT2D eigenvalue weighted by molar-refractivity contribution is -0.121. The molecule has 0 bridgehead atoms. The first kappa shape index (κ1) is 20.1. The summed E-state index contributed by atoms with van der Waals surface area (Å²) in [6.45, 7) is 9.05. The van der Waals surface area contributed by atoms with Gasteiger partial charge in [-0.05, 0) is 44.5 Å². The van der Waals surface area contributed by atoms with Crippen molar-refractivity contribution in [3.63, 3.8) is 0 Å². The van der Waals surface area contributed by atoms with Crippen LogP contribution in [0.1, 0.15) is 30.5 Å². The topological polar surface area (TPSA) is 71.5 Å². The van der Waals surface area contributed by atoms with Crippen molar-refractivity contribution in [2.45, 2.75) is 34.2 Å². The molecule has 0 fully saturated rings. The number of aromatic nitrogens is 1.